The smallest absolute Gasteiger partial charge is 0.257 e. The summed E-state index contributed by atoms with van der Waals surface area (Å²) in [7, 11) is 1.62. The van der Waals surface area contributed by atoms with Crippen molar-refractivity contribution < 1.29 is 23.1 Å². The van der Waals surface area contributed by atoms with Gasteiger partial charge in [-0.15, -0.1) is 0 Å². The SMILES string of the molecule is COc1ccccc1N1CCCC(NC(=O)C(NC(=O)c2c(F)cccc2F)C(C)C)C1. The Labute approximate surface area is 186 Å². The van der Waals surface area contributed by atoms with E-state index in [1.54, 1.807) is 21.0 Å². The number of amides is 2. The summed E-state index contributed by atoms with van der Waals surface area (Å²) in [6, 6.07) is 9.85. The highest BCUT2D eigenvalue weighted by atomic mass is 19.1. The van der Waals surface area contributed by atoms with Crippen LogP contribution in [0.3, 0.4) is 0 Å². The monoisotopic (exact) mass is 445 g/mol. The molecule has 0 aromatic heterocycles. The summed E-state index contributed by atoms with van der Waals surface area (Å²) in [6.45, 7) is 4.96. The van der Waals surface area contributed by atoms with Crippen LogP contribution >= 0.6 is 0 Å². The van der Waals surface area contributed by atoms with Gasteiger partial charge in [-0.2, -0.15) is 0 Å². The Morgan fingerprint density at radius 3 is 2.44 bits per heavy atom. The molecule has 1 aliphatic rings. The zero-order chi connectivity index (χ0) is 23.3. The van der Waals surface area contributed by atoms with E-state index in [1.807, 2.05) is 24.3 Å². The molecule has 2 N–H and O–H groups in total. The summed E-state index contributed by atoms with van der Waals surface area (Å²) in [5, 5.41) is 5.50. The van der Waals surface area contributed by atoms with Gasteiger partial charge in [0.05, 0.1) is 12.8 Å². The van der Waals surface area contributed by atoms with Crippen LogP contribution in [0.1, 0.15) is 37.0 Å². The molecule has 1 aliphatic heterocycles. The average molecular weight is 446 g/mol. The minimum Gasteiger partial charge on any atom is -0.495 e. The first kappa shape index (κ1) is 23.5. The Morgan fingerprint density at radius 2 is 1.78 bits per heavy atom. The van der Waals surface area contributed by atoms with Gasteiger partial charge in [0.2, 0.25) is 5.91 Å². The number of carbonyl (C=O) groups is 2. The van der Waals surface area contributed by atoms with Gasteiger partial charge in [-0.1, -0.05) is 32.0 Å². The maximum absolute atomic E-state index is 14.0. The molecule has 1 saturated heterocycles. The van der Waals surface area contributed by atoms with Gasteiger partial charge in [0.15, 0.2) is 0 Å². The highest BCUT2D eigenvalue weighted by molar-refractivity contribution is 5.98. The molecule has 1 heterocycles. The number of piperidine rings is 1. The Morgan fingerprint density at radius 1 is 1.09 bits per heavy atom. The van der Waals surface area contributed by atoms with Gasteiger partial charge in [0, 0.05) is 19.1 Å². The van der Waals surface area contributed by atoms with Crippen LogP contribution < -0.4 is 20.3 Å². The molecular weight excluding hydrogens is 416 g/mol. The van der Waals surface area contributed by atoms with Crippen LogP contribution in [0.25, 0.3) is 0 Å². The third kappa shape index (κ3) is 5.36. The number of anilines is 1. The Balaban J connectivity index is 1.68. The van der Waals surface area contributed by atoms with E-state index in [-0.39, 0.29) is 17.9 Å². The van der Waals surface area contributed by atoms with E-state index in [2.05, 4.69) is 15.5 Å². The largest absolute Gasteiger partial charge is 0.495 e. The van der Waals surface area contributed by atoms with Crippen LogP contribution in [0, 0.1) is 17.6 Å². The molecule has 2 amide bonds. The number of hydrogen-bond donors (Lipinski definition) is 2. The van der Waals surface area contributed by atoms with Crippen molar-refractivity contribution in [2.45, 2.75) is 38.8 Å². The number of halogens is 2. The van der Waals surface area contributed by atoms with Crippen LogP contribution in [0.4, 0.5) is 14.5 Å². The van der Waals surface area contributed by atoms with Gasteiger partial charge in [-0.05, 0) is 43.0 Å². The van der Waals surface area contributed by atoms with Crippen molar-refractivity contribution >= 4 is 17.5 Å². The summed E-state index contributed by atoms with van der Waals surface area (Å²) in [5.74, 6) is -2.78. The highest BCUT2D eigenvalue weighted by Gasteiger charge is 2.30. The first-order valence-electron chi connectivity index (χ1n) is 10.7. The van der Waals surface area contributed by atoms with E-state index >= 15 is 0 Å². The van der Waals surface area contributed by atoms with E-state index in [0.717, 1.165) is 43.0 Å². The fourth-order valence-corrected chi connectivity index (χ4v) is 3.96. The second-order valence-corrected chi connectivity index (χ2v) is 8.26. The maximum atomic E-state index is 14.0. The lowest BCUT2D eigenvalue weighted by molar-refractivity contribution is -0.124. The molecule has 0 aliphatic carbocycles. The number of nitrogens with zero attached hydrogens (tertiary/aromatic N) is 1. The molecule has 3 rings (SSSR count). The molecule has 2 aromatic rings. The normalized spacial score (nSPS) is 17.1. The highest BCUT2D eigenvalue weighted by Crippen LogP contribution is 2.30. The first-order valence-corrected chi connectivity index (χ1v) is 10.7. The third-order valence-electron chi connectivity index (χ3n) is 5.62. The lowest BCUT2D eigenvalue weighted by Gasteiger charge is -2.36. The summed E-state index contributed by atoms with van der Waals surface area (Å²) in [5.41, 5.74) is 0.267. The predicted octanol–water partition coefficient (Wildman–Crippen LogP) is 3.51. The van der Waals surface area contributed by atoms with Crippen molar-refractivity contribution in [1.82, 2.24) is 10.6 Å². The van der Waals surface area contributed by atoms with E-state index in [9.17, 15) is 18.4 Å². The third-order valence-corrected chi connectivity index (χ3v) is 5.62. The molecule has 0 bridgehead atoms. The van der Waals surface area contributed by atoms with Crippen LogP contribution in [-0.2, 0) is 4.79 Å². The molecule has 1 fully saturated rings. The number of nitrogens with one attached hydrogen (secondary N) is 2. The van der Waals surface area contributed by atoms with E-state index in [1.165, 1.54) is 6.07 Å². The molecule has 8 heteroatoms. The van der Waals surface area contributed by atoms with Gasteiger partial charge in [-0.3, -0.25) is 9.59 Å². The van der Waals surface area contributed by atoms with Crippen molar-refractivity contribution in [3.63, 3.8) is 0 Å². The quantitative estimate of drug-likeness (QED) is 0.684. The Bertz CT molecular complexity index is 947. The molecule has 2 unspecified atom stereocenters. The molecule has 2 atom stereocenters. The van der Waals surface area contributed by atoms with Crippen molar-refractivity contribution in [2.75, 3.05) is 25.1 Å². The number of carbonyl (C=O) groups excluding carboxylic acids is 2. The van der Waals surface area contributed by atoms with E-state index < -0.39 is 29.1 Å². The minimum atomic E-state index is -0.967. The van der Waals surface area contributed by atoms with Crippen molar-refractivity contribution in [1.29, 1.82) is 0 Å². The van der Waals surface area contributed by atoms with Crippen molar-refractivity contribution in [3.8, 4) is 5.75 Å². The lowest BCUT2D eigenvalue weighted by atomic mass is 10.00. The molecular formula is C24H29F2N3O3. The molecule has 172 valence electrons. The van der Waals surface area contributed by atoms with Crippen LogP contribution in [0.15, 0.2) is 42.5 Å². The van der Waals surface area contributed by atoms with Gasteiger partial charge in [0.25, 0.3) is 5.91 Å². The first-order chi connectivity index (χ1) is 15.3. The number of rotatable bonds is 7. The van der Waals surface area contributed by atoms with Crippen LogP contribution in [0.2, 0.25) is 0 Å². The zero-order valence-electron chi connectivity index (χ0n) is 18.5. The van der Waals surface area contributed by atoms with E-state index in [0.29, 0.717) is 6.54 Å². The van der Waals surface area contributed by atoms with E-state index in [4.69, 9.17) is 4.74 Å². The molecule has 0 saturated carbocycles. The summed E-state index contributed by atoms with van der Waals surface area (Å²) in [4.78, 5) is 27.7. The van der Waals surface area contributed by atoms with Crippen LogP contribution in [0.5, 0.6) is 5.75 Å². The fraction of sp³-hybridized carbons (Fsp3) is 0.417. The minimum absolute atomic E-state index is 0.135. The molecule has 2 aromatic carbocycles. The second kappa shape index (κ2) is 10.4. The summed E-state index contributed by atoms with van der Waals surface area (Å²) < 4.78 is 33.4. The predicted molar refractivity (Wildman–Crippen MR) is 119 cm³/mol. The van der Waals surface area contributed by atoms with Crippen LogP contribution in [-0.4, -0.2) is 44.1 Å². The molecule has 0 radical (unpaired) electrons. The van der Waals surface area contributed by atoms with Crippen molar-refractivity contribution in [3.05, 3.63) is 59.7 Å². The number of methoxy groups -OCH3 is 1. The average Bonchev–Trinajstić information content (AvgIpc) is 2.77. The van der Waals surface area contributed by atoms with Gasteiger partial charge in [0.1, 0.15) is 29.0 Å². The standard InChI is InChI=1S/C24H29F2N3O3/c1-15(2)22(28-23(30)21-17(25)9-6-10-18(21)26)24(31)27-16-8-7-13-29(14-16)19-11-4-5-12-20(19)32-3/h4-6,9-12,15-16,22H,7-8,13-14H2,1-3H3,(H,27,31)(H,28,30). The Hall–Kier alpha value is -3.16. The topological polar surface area (TPSA) is 70.7 Å². The molecule has 32 heavy (non-hydrogen) atoms. The van der Waals surface area contributed by atoms with Gasteiger partial charge in [-0.25, -0.2) is 8.78 Å². The zero-order valence-corrected chi connectivity index (χ0v) is 18.5. The maximum Gasteiger partial charge on any atom is 0.257 e. The van der Waals surface area contributed by atoms with Gasteiger partial charge < -0.3 is 20.3 Å². The second-order valence-electron chi connectivity index (χ2n) is 8.26. The molecule has 0 spiro atoms. The summed E-state index contributed by atoms with van der Waals surface area (Å²) >= 11 is 0. The lowest BCUT2D eigenvalue weighted by Crippen LogP contribution is -2.55. The van der Waals surface area contributed by atoms with Crippen molar-refractivity contribution in [2.24, 2.45) is 5.92 Å². The Kier molecular flexibility index (Phi) is 7.66. The number of hydrogen-bond acceptors (Lipinski definition) is 4. The van der Waals surface area contributed by atoms with Gasteiger partial charge >= 0.3 is 0 Å². The summed E-state index contributed by atoms with van der Waals surface area (Å²) in [6.07, 6.45) is 1.67. The molecule has 6 nitrogen and oxygen atoms in total. The fourth-order valence-electron chi connectivity index (χ4n) is 3.96. The number of ether oxygens (including phenoxy) is 1. The number of benzene rings is 2. The number of para-hydroxylation sites is 2.